The Morgan fingerprint density at radius 1 is 0.529 bits per heavy atom. The molecule has 4 nitrogen and oxygen atoms in total. The van der Waals surface area contributed by atoms with E-state index >= 15 is 0 Å². The fourth-order valence-corrected chi connectivity index (χ4v) is 9.04. The number of nitrogens with one attached hydrogen (secondary N) is 1. The molecule has 2 aromatic heterocycles. The third kappa shape index (κ3) is 4.96. The fourth-order valence-electron chi connectivity index (χ4n) is 7.80. The van der Waals surface area contributed by atoms with Crippen LogP contribution in [0, 0.1) is 0 Å². The van der Waals surface area contributed by atoms with Gasteiger partial charge in [0.2, 0.25) is 0 Å². The van der Waals surface area contributed by atoms with Crippen LogP contribution < -0.4 is 5.32 Å². The zero-order chi connectivity index (χ0) is 33.9. The van der Waals surface area contributed by atoms with Crippen molar-refractivity contribution in [2.45, 2.75) is 12.5 Å². The molecule has 9 aromatic rings. The lowest BCUT2D eigenvalue weighted by molar-refractivity contribution is 0.109. The predicted molar refractivity (Wildman–Crippen MR) is 215 cm³/mol. The van der Waals surface area contributed by atoms with E-state index < -0.39 is 0 Å². The highest BCUT2D eigenvalue weighted by Crippen LogP contribution is 2.43. The topological polar surface area (TPSA) is 32.6 Å². The maximum Gasteiger partial charge on any atom is 0.186 e. The number of hydrogen-bond donors (Lipinski definition) is 1. The third-order valence-corrected chi connectivity index (χ3v) is 11.5. The van der Waals surface area contributed by atoms with E-state index in [0.29, 0.717) is 0 Å². The van der Waals surface area contributed by atoms with Crippen LogP contribution in [0.15, 0.2) is 175 Å². The minimum Gasteiger partial charge on any atom is -0.350 e. The average molecular weight is 675 g/mol. The second-order valence-electron chi connectivity index (χ2n) is 13.3. The number of aromatic nitrogens is 1. The first kappa shape index (κ1) is 29.9. The van der Waals surface area contributed by atoms with Gasteiger partial charge >= 0.3 is 0 Å². The molecule has 7 aromatic carbocycles. The molecule has 0 saturated heterocycles. The van der Waals surface area contributed by atoms with Crippen molar-refractivity contribution >= 4 is 59.2 Å². The van der Waals surface area contributed by atoms with Crippen LogP contribution in [0.5, 0.6) is 0 Å². The van der Waals surface area contributed by atoms with Crippen LogP contribution in [0.4, 0.5) is 0 Å². The van der Waals surface area contributed by atoms with E-state index in [0.717, 1.165) is 22.4 Å². The highest BCUT2D eigenvalue weighted by atomic mass is 32.1. The molecule has 2 unspecified atom stereocenters. The number of amidine groups is 1. The SMILES string of the molecule is CN1C(c2ccccc2)NC(c2ccccc2)=NC1n1c2cc(-c3ccccc3)ccc2c2ccc(-c3cccc4c3sc3ccccc34)cc21. The van der Waals surface area contributed by atoms with E-state index in [-0.39, 0.29) is 12.5 Å². The van der Waals surface area contributed by atoms with Gasteiger partial charge in [0, 0.05) is 36.5 Å². The van der Waals surface area contributed by atoms with Gasteiger partial charge in [-0.1, -0.05) is 152 Å². The van der Waals surface area contributed by atoms with E-state index in [9.17, 15) is 0 Å². The summed E-state index contributed by atoms with van der Waals surface area (Å²) >= 11 is 1.88. The Morgan fingerprint density at radius 3 is 1.88 bits per heavy atom. The van der Waals surface area contributed by atoms with Crippen LogP contribution in [0.1, 0.15) is 23.6 Å². The molecule has 3 heterocycles. The molecule has 51 heavy (non-hydrogen) atoms. The van der Waals surface area contributed by atoms with Crippen LogP contribution >= 0.6 is 11.3 Å². The number of nitrogens with zero attached hydrogens (tertiary/aromatic N) is 3. The quantitative estimate of drug-likeness (QED) is 0.197. The molecule has 0 radical (unpaired) electrons. The van der Waals surface area contributed by atoms with Crippen molar-refractivity contribution < 1.29 is 0 Å². The molecule has 0 spiro atoms. The van der Waals surface area contributed by atoms with Crippen LogP contribution in [0.25, 0.3) is 64.2 Å². The first-order valence-electron chi connectivity index (χ1n) is 17.4. The van der Waals surface area contributed by atoms with Gasteiger partial charge in [0.05, 0.1) is 11.0 Å². The number of benzene rings is 7. The summed E-state index contributed by atoms with van der Waals surface area (Å²) in [5.41, 5.74) is 9.42. The minimum atomic E-state index is -0.326. The van der Waals surface area contributed by atoms with Gasteiger partial charge in [-0.05, 0) is 53.1 Å². The van der Waals surface area contributed by atoms with E-state index in [1.54, 1.807) is 0 Å². The van der Waals surface area contributed by atoms with E-state index in [1.807, 2.05) is 11.3 Å². The second kappa shape index (κ2) is 12.1. The zero-order valence-electron chi connectivity index (χ0n) is 28.1. The van der Waals surface area contributed by atoms with E-state index in [2.05, 4.69) is 192 Å². The molecule has 0 saturated carbocycles. The number of fused-ring (bicyclic) bond motifs is 6. The van der Waals surface area contributed by atoms with Crippen molar-refractivity contribution in [3.8, 4) is 22.3 Å². The smallest absolute Gasteiger partial charge is 0.186 e. The molecule has 0 fully saturated rings. The maximum absolute atomic E-state index is 5.53. The Balaban J connectivity index is 1.25. The van der Waals surface area contributed by atoms with Crippen LogP contribution in [-0.4, -0.2) is 22.4 Å². The molecular weight excluding hydrogens is 641 g/mol. The summed E-state index contributed by atoms with van der Waals surface area (Å²) in [6.45, 7) is 0. The molecule has 1 aliphatic heterocycles. The molecule has 0 aliphatic carbocycles. The largest absolute Gasteiger partial charge is 0.350 e. The summed E-state index contributed by atoms with van der Waals surface area (Å²) in [5, 5.41) is 8.85. The zero-order valence-corrected chi connectivity index (χ0v) is 28.9. The molecular formula is C46H34N4S. The molecule has 2 atom stereocenters. The van der Waals surface area contributed by atoms with Crippen molar-refractivity contribution in [1.82, 2.24) is 14.8 Å². The number of aliphatic imine (C=N–C) groups is 1. The standard InChI is InChI=1S/C46H34N4S/c1-49-45(32-18-9-4-10-19-32)47-44(31-16-7-3-8-17-31)48-46(49)50-40-28-33(30-14-5-2-6-15-30)24-26-36(40)37-27-25-34(29-41(37)50)35-21-13-22-39-38-20-11-12-23-42(38)51-43(35)39/h2-29,45-46H,1H3,(H,47,48). The molecule has 244 valence electrons. The lowest BCUT2D eigenvalue weighted by atomic mass is 10.0. The van der Waals surface area contributed by atoms with Crippen molar-refractivity contribution in [3.05, 3.63) is 181 Å². The lowest BCUT2D eigenvalue weighted by Gasteiger charge is -2.40. The first-order chi connectivity index (χ1) is 25.2. The molecule has 5 heteroatoms. The van der Waals surface area contributed by atoms with Gasteiger partial charge in [-0.2, -0.15) is 0 Å². The predicted octanol–water partition coefficient (Wildman–Crippen LogP) is 11.6. The number of thiophene rings is 1. The molecule has 1 aliphatic rings. The summed E-state index contributed by atoms with van der Waals surface area (Å²) in [7, 11) is 2.18. The Bertz CT molecular complexity index is 2750. The number of rotatable bonds is 5. The normalized spacial score (nSPS) is 16.5. The highest BCUT2D eigenvalue weighted by molar-refractivity contribution is 7.26. The van der Waals surface area contributed by atoms with Gasteiger partial charge in [-0.3, -0.25) is 0 Å². The van der Waals surface area contributed by atoms with Crippen molar-refractivity contribution in [1.29, 1.82) is 0 Å². The third-order valence-electron chi connectivity index (χ3n) is 10.3. The fraction of sp³-hybridized carbons (Fsp3) is 0.0652. The van der Waals surface area contributed by atoms with Crippen LogP contribution in [0.3, 0.4) is 0 Å². The summed E-state index contributed by atoms with van der Waals surface area (Å²) in [6.07, 6.45) is -0.419. The Hall–Kier alpha value is -6.01. The summed E-state index contributed by atoms with van der Waals surface area (Å²) < 4.78 is 5.10. The van der Waals surface area contributed by atoms with Crippen LogP contribution in [0.2, 0.25) is 0 Å². The van der Waals surface area contributed by atoms with Gasteiger partial charge in [0.1, 0.15) is 12.0 Å². The Kier molecular flexibility index (Phi) is 7.08. The monoisotopic (exact) mass is 674 g/mol. The van der Waals surface area contributed by atoms with Crippen LogP contribution in [-0.2, 0) is 0 Å². The van der Waals surface area contributed by atoms with Gasteiger partial charge < -0.3 is 9.88 Å². The highest BCUT2D eigenvalue weighted by Gasteiger charge is 2.33. The molecule has 0 bridgehead atoms. The Labute approximate surface area is 300 Å². The summed E-state index contributed by atoms with van der Waals surface area (Å²) in [6, 6.07) is 61.2. The minimum absolute atomic E-state index is 0.0933. The molecule has 10 rings (SSSR count). The van der Waals surface area contributed by atoms with Crippen molar-refractivity contribution in [2.24, 2.45) is 4.99 Å². The van der Waals surface area contributed by atoms with Gasteiger partial charge in [0.15, 0.2) is 6.29 Å². The second-order valence-corrected chi connectivity index (χ2v) is 14.3. The van der Waals surface area contributed by atoms with E-state index in [4.69, 9.17) is 4.99 Å². The summed E-state index contributed by atoms with van der Waals surface area (Å²) in [4.78, 5) is 7.89. The lowest BCUT2D eigenvalue weighted by Crippen LogP contribution is -2.47. The maximum atomic E-state index is 5.53. The molecule has 0 amide bonds. The van der Waals surface area contributed by atoms with Gasteiger partial charge in [0.25, 0.3) is 0 Å². The first-order valence-corrected chi connectivity index (χ1v) is 18.2. The average Bonchev–Trinajstić information content (AvgIpc) is 3.74. The Morgan fingerprint density at radius 2 is 1.14 bits per heavy atom. The van der Waals surface area contributed by atoms with E-state index in [1.165, 1.54) is 58.8 Å². The van der Waals surface area contributed by atoms with Gasteiger partial charge in [-0.25, -0.2) is 9.89 Å². The van der Waals surface area contributed by atoms with Crippen molar-refractivity contribution in [3.63, 3.8) is 0 Å². The number of hydrogen-bond acceptors (Lipinski definition) is 4. The van der Waals surface area contributed by atoms with Crippen molar-refractivity contribution in [2.75, 3.05) is 7.05 Å². The molecule has 1 N–H and O–H groups in total. The summed E-state index contributed by atoms with van der Waals surface area (Å²) in [5.74, 6) is 0.882. The van der Waals surface area contributed by atoms with Gasteiger partial charge in [-0.15, -0.1) is 11.3 Å².